The molecule has 2 aromatic carbocycles. The summed E-state index contributed by atoms with van der Waals surface area (Å²) in [5.41, 5.74) is 0.759. The van der Waals surface area contributed by atoms with Crippen LogP contribution in [0.5, 0.6) is 11.5 Å². The van der Waals surface area contributed by atoms with Gasteiger partial charge in [0.2, 0.25) is 0 Å². The monoisotopic (exact) mass is 531 g/mol. The predicted molar refractivity (Wildman–Crippen MR) is 124 cm³/mol. The third kappa shape index (κ3) is 12.4. The van der Waals surface area contributed by atoms with Crippen LogP contribution in [-0.2, 0) is 20.2 Å². The van der Waals surface area contributed by atoms with Crippen molar-refractivity contribution < 1.29 is 45.0 Å². The number of carbonyl (C=O) groups excluding carboxylic acids is 2. The molecule has 4 amide bonds. The number of hydrogen-bond acceptors (Lipinski definition) is 9. The van der Waals surface area contributed by atoms with Crippen LogP contribution in [0.25, 0.3) is 0 Å². The van der Waals surface area contributed by atoms with E-state index < -0.39 is 44.1 Å². The van der Waals surface area contributed by atoms with Gasteiger partial charge in [-0.25, -0.2) is 18.0 Å². The fourth-order valence-corrected chi connectivity index (χ4v) is 2.99. The Morgan fingerprint density at radius 3 is 1.51 bits per heavy atom. The van der Waals surface area contributed by atoms with E-state index in [1.807, 2.05) is 10.6 Å². The van der Waals surface area contributed by atoms with E-state index in [0.717, 1.165) is 0 Å². The highest BCUT2D eigenvalue weighted by Gasteiger charge is 2.08. The van der Waals surface area contributed by atoms with Crippen molar-refractivity contribution in [2.75, 3.05) is 35.6 Å². The standard InChI is InChI=1S/C19H24N4O10S2/c24-18(20-12-34(26,27)28)22-14-2-6-16(7-3-14)32-10-1-11-33-17-8-4-15(5-9-17)23-19(25)21-13-35(29,30)31/h2-9H,1,10-13H2,(H2,20,22,24)(H2,21,23,25)(H,26,27,28)(H,29,30,31)/p-1. The highest BCUT2D eigenvalue weighted by molar-refractivity contribution is 7.85. The van der Waals surface area contributed by atoms with E-state index in [9.17, 15) is 31.0 Å². The van der Waals surface area contributed by atoms with Gasteiger partial charge >= 0.3 is 12.1 Å². The Morgan fingerprint density at radius 2 is 1.14 bits per heavy atom. The third-order valence-corrected chi connectivity index (χ3v) is 4.88. The zero-order chi connectivity index (χ0) is 25.9. The van der Waals surface area contributed by atoms with Crippen LogP contribution in [0, 0.1) is 0 Å². The van der Waals surface area contributed by atoms with Gasteiger partial charge in [-0.05, 0) is 48.5 Å². The Kier molecular flexibility index (Phi) is 10.1. The second kappa shape index (κ2) is 12.7. The quantitative estimate of drug-likeness (QED) is 0.194. The average molecular weight is 532 g/mol. The number of urea groups is 2. The van der Waals surface area contributed by atoms with E-state index in [0.29, 0.717) is 42.5 Å². The molecule has 0 aromatic heterocycles. The number of ether oxygens (including phenoxy) is 2. The van der Waals surface area contributed by atoms with E-state index in [2.05, 4.69) is 10.6 Å². The van der Waals surface area contributed by atoms with Crippen molar-refractivity contribution in [2.45, 2.75) is 6.42 Å². The van der Waals surface area contributed by atoms with Gasteiger partial charge in [-0.1, -0.05) is 0 Å². The third-order valence-electron chi connectivity index (χ3n) is 3.88. The maximum absolute atomic E-state index is 11.5. The van der Waals surface area contributed by atoms with Crippen LogP contribution in [0.3, 0.4) is 0 Å². The number of amides is 4. The van der Waals surface area contributed by atoms with E-state index in [1.54, 1.807) is 36.4 Å². The normalized spacial score (nSPS) is 11.3. The topological polar surface area (TPSA) is 212 Å². The van der Waals surface area contributed by atoms with Gasteiger partial charge in [0, 0.05) is 17.8 Å². The molecule has 0 unspecified atom stereocenters. The average Bonchev–Trinajstić information content (AvgIpc) is 2.77. The minimum absolute atomic E-state index is 0.336. The number of hydrogen-bond donors (Lipinski definition) is 5. The van der Waals surface area contributed by atoms with E-state index >= 15 is 0 Å². The van der Waals surface area contributed by atoms with E-state index in [1.165, 1.54) is 12.1 Å². The SMILES string of the molecule is O=C(NCS(=O)(=O)[O-])Nc1ccc(OCCCOc2ccc(NC(=O)NCS(=O)(=O)O)cc2)cc1. The molecule has 0 atom stereocenters. The lowest BCUT2D eigenvalue weighted by molar-refractivity contribution is 0.247. The lowest BCUT2D eigenvalue weighted by atomic mass is 10.3. The molecule has 0 bridgehead atoms. The zero-order valence-corrected chi connectivity index (χ0v) is 19.7. The first-order chi connectivity index (χ1) is 16.4. The maximum atomic E-state index is 11.5. The summed E-state index contributed by atoms with van der Waals surface area (Å²) in [6, 6.07) is 10.9. The van der Waals surface area contributed by atoms with Gasteiger partial charge in [-0.3, -0.25) is 4.55 Å². The van der Waals surface area contributed by atoms with Gasteiger partial charge in [-0.2, -0.15) is 8.42 Å². The Hall–Kier alpha value is -3.60. The van der Waals surface area contributed by atoms with E-state index in [4.69, 9.17) is 14.0 Å². The molecule has 14 nitrogen and oxygen atoms in total. The van der Waals surface area contributed by atoms with Crippen LogP contribution in [0.15, 0.2) is 48.5 Å². The van der Waals surface area contributed by atoms with Crippen molar-refractivity contribution in [3.05, 3.63) is 48.5 Å². The lowest BCUT2D eigenvalue weighted by Gasteiger charge is -2.11. The smallest absolute Gasteiger partial charge is 0.320 e. The Balaban J connectivity index is 1.64. The van der Waals surface area contributed by atoms with Crippen molar-refractivity contribution in [2.24, 2.45) is 0 Å². The summed E-state index contributed by atoms with van der Waals surface area (Å²) in [5, 5.41) is 8.68. The second-order valence-corrected chi connectivity index (χ2v) is 9.65. The molecule has 0 fully saturated rings. The number of nitrogens with one attached hydrogen (secondary N) is 4. The summed E-state index contributed by atoms with van der Waals surface area (Å²) < 4.78 is 72.4. The van der Waals surface area contributed by atoms with Crippen LogP contribution >= 0.6 is 0 Å². The number of benzene rings is 2. The van der Waals surface area contributed by atoms with Crippen LogP contribution in [0.4, 0.5) is 21.0 Å². The molecule has 0 aliphatic carbocycles. The highest BCUT2D eigenvalue weighted by Crippen LogP contribution is 2.17. The molecular weight excluding hydrogens is 508 g/mol. The summed E-state index contributed by atoms with van der Waals surface area (Å²) in [6.45, 7) is 0.673. The number of anilines is 2. The maximum Gasteiger partial charge on any atom is 0.320 e. The first kappa shape index (κ1) is 27.6. The first-order valence-corrected chi connectivity index (χ1v) is 13.0. The summed E-state index contributed by atoms with van der Waals surface area (Å²) in [7, 11) is -8.87. The molecule has 0 spiro atoms. The molecule has 0 heterocycles. The van der Waals surface area contributed by atoms with Crippen LogP contribution in [0.2, 0.25) is 0 Å². The fourth-order valence-electron chi connectivity index (χ4n) is 2.37. The summed E-state index contributed by atoms with van der Waals surface area (Å²) in [5.74, 6) is -0.856. The van der Waals surface area contributed by atoms with Gasteiger partial charge in [0.05, 0.1) is 13.2 Å². The van der Waals surface area contributed by atoms with Crippen molar-refractivity contribution in [3.63, 3.8) is 0 Å². The Bertz CT molecular complexity index is 1110. The Morgan fingerprint density at radius 1 is 0.743 bits per heavy atom. The Labute approximate surface area is 201 Å². The van der Waals surface area contributed by atoms with Crippen molar-refractivity contribution in [1.82, 2.24) is 10.6 Å². The molecule has 0 radical (unpaired) electrons. The van der Waals surface area contributed by atoms with Gasteiger partial charge in [0.15, 0.2) is 0 Å². The molecule has 5 N–H and O–H groups in total. The van der Waals surface area contributed by atoms with E-state index in [-0.39, 0.29) is 0 Å². The molecule has 35 heavy (non-hydrogen) atoms. The summed E-state index contributed by atoms with van der Waals surface area (Å²) in [6.07, 6.45) is 0.546. The molecule has 192 valence electrons. The largest absolute Gasteiger partial charge is 0.747 e. The van der Waals surface area contributed by atoms with Crippen molar-refractivity contribution in [3.8, 4) is 11.5 Å². The van der Waals surface area contributed by atoms with Crippen LogP contribution in [0.1, 0.15) is 6.42 Å². The van der Waals surface area contributed by atoms with Crippen molar-refractivity contribution in [1.29, 1.82) is 0 Å². The minimum Gasteiger partial charge on any atom is -0.747 e. The zero-order valence-electron chi connectivity index (χ0n) is 18.1. The molecule has 16 heteroatoms. The molecule has 2 rings (SSSR count). The first-order valence-electron chi connectivity index (χ1n) is 9.84. The van der Waals surface area contributed by atoms with Gasteiger partial charge in [0.25, 0.3) is 10.1 Å². The van der Waals surface area contributed by atoms with Crippen molar-refractivity contribution >= 4 is 43.7 Å². The molecule has 0 aliphatic heterocycles. The summed E-state index contributed by atoms with van der Waals surface area (Å²) in [4.78, 5) is 23.0. The van der Waals surface area contributed by atoms with Gasteiger partial charge in [-0.15, -0.1) is 0 Å². The minimum atomic E-state index is -4.56. The van der Waals surface area contributed by atoms with Crippen LogP contribution < -0.4 is 30.7 Å². The lowest BCUT2D eigenvalue weighted by Crippen LogP contribution is -2.33. The predicted octanol–water partition coefficient (Wildman–Crippen LogP) is 1.13. The summed E-state index contributed by atoms with van der Waals surface area (Å²) >= 11 is 0. The number of rotatable bonds is 12. The van der Waals surface area contributed by atoms with Crippen LogP contribution in [-0.4, -0.2) is 63.0 Å². The molecular formula is C19H23N4O10S2-. The van der Waals surface area contributed by atoms with Gasteiger partial charge in [0.1, 0.15) is 33.4 Å². The fraction of sp³-hybridized carbons (Fsp3) is 0.263. The van der Waals surface area contributed by atoms with Gasteiger partial charge < -0.3 is 35.3 Å². The highest BCUT2D eigenvalue weighted by atomic mass is 32.2. The number of carbonyl (C=O) groups is 2. The molecule has 0 saturated heterocycles. The molecule has 0 saturated carbocycles. The molecule has 2 aromatic rings. The second-order valence-electron chi connectivity index (χ2n) is 6.79. The molecule has 0 aliphatic rings.